The fourth-order valence-electron chi connectivity index (χ4n) is 1.01. The summed E-state index contributed by atoms with van der Waals surface area (Å²) in [4.78, 5) is 13.0. The van der Waals surface area contributed by atoms with Crippen LogP contribution in [0.25, 0.3) is 10.4 Å². The molecule has 7 heteroatoms. The molecule has 5 nitrogen and oxygen atoms in total. The molecule has 0 aliphatic heterocycles. The quantitative estimate of drug-likeness (QED) is 0.370. The molecule has 0 radical (unpaired) electrons. The van der Waals surface area contributed by atoms with Crippen LogP contribution in [0, 0.1) is 23.5 Å². The number of azide groups is 1. The zero-order valence-corrected chi connectivity index (χ0v) is 8.31. The molecule has 0 aromatic heterocycles. The van der Waals surface area contributed by atoms with Crippen molar-refractivity contribution in [1.29, 1.82) is 0 Å². The van der Waals surface area contributed by atoms with Gasteiger partial charge in [0.15, 0.2) is 0 Å². The number of carboxylic acids is 1. The molecule has 86 valence electrons. The third kappa shape index (κ3) is 3.19. The van der Waals surface area contributed by atoms with Gasteiger partial charge in [-0.1, -0.05) is 17.0 Å². The van der Waals surface area contributed by atoms with Crippen LogP contribution in [0.15, 0.2) is 17.2 Å². The molecule has 17 heavy (non-hydrogen) atoms. The average molecular weight is 237 g/mol. The molecule has 0 fully saturated rings. The van der Waals surface area contributed by atoms with Crippen LogP contribution >= 0.6 is 0 Å². The van der Waals surface area contributed by atoms with Gasteiger partial charge in [-0.25, -0.2) is 13.6 Å². The minimum atomic E-state index is -1.51. The van der Waals surface area contributed by atoms with Gasteiger partial charge in [-0.05, 0) is 11.6 Å². The van der Waals surface area contributed by atoms with Crippen LogP contribution in [0.1, 0.15) is 15.9 Å². The number of rotatable bonds is 2. The Hall–Kier alpha value is -2.58. The van der Waals surface area contributed by atoms with Gasteiger partial charge < -0.3 is 5.11 Å². The molecule has 1 aromatic carbocycles. The first kappa shape index (κ1) is 12.5. The van der Waals surface area contributed by atoms with Crippen molar-refractivity contribution in [3.8, 4) is 11.8 Å². The molecule has 0 bridgehead atoms. The highest BCUT2D eigenvalue weighted by Gasteiger charge is 2.13. The van der Waals surface area contributed by atoms with Crippen LogP contribution < -0.4 is 0 Å². The van der Waals surface area contributed by atoms with E-state index in [1.165, 1.54) is 0 Å². The van der Waals surface area contributed by atoms with Gasteiger partial charge in [0, 0.05) is 11.0 Å². The number of carboxylic acid groups (broad SMARTS) is 1. The second kappa shape index (κ2) is 5.49. The van der Waals surface area contributed by atoms with Crippen LogP contribution in [0.3, 0.4) is 0 Å². The Morgan fingerprint density at radius 2 is 2.18 bits per heavy atom. The molecule has 0 aliphatic rings. The second-order valence-electron chi connectivity index (χ2n) is 2.81. The standard InChI is InChI=1S/C10H5F2N3O2/c11-8-5-9(12)7(10(16)17)4-6(8)2-1-3-14-15-13/h4-5H,3H2,(H,16,17). The molecule has 0 spiro atoms. The molecule has 0 atom stereocenters. The monoisotopic (exact) mass is 237 g/mol. The van der Waals surface area contributed by atoms with Crippen LogP contribution in [0.4, 0.5) is 8.78 Å². The first-order chi connectivity index (χ1) is 8.06. The lowest BCUT2D eigenvalue weighted by Gasteiger charge is -1.99. The largest absolute Gasteiger partial charge is 0.478 e. The van der Waals surface area contributed by atoms with E-state index in [-0.39, 0.29) is 12.1 Å². The maximum absolute atomic E-state index is 13.2. The first-order valence-corrected chi connectivity index (χ1v) is 4.28. The third-order valence-electron chi connectivity index (χ3n) is 1.72. The van der Waals surface area contributed by atoms with Crippen molar-refractivity contribution in [1.82, 2.24) is 0 Å². The highest BCUT2D eigenvalue weighted by Crippen LogP contribution is 2.14. The van der Waals surface area contributed by atoms with Crippen molar-refractivity contribution in [2.45, 2.75) is 0 Å². The van der Waals surface area contributed by atoms with Gasteiger partial charge in [0.05, 0.1) is 17.7 Å². The Balaban J connectivity index is 3.14. The molecule has 0 saturated carbocycles. The van der Waals surface area contributed by atoms with Crippen LogP contribution in [0.5, 0.6) is 0 Å². The Morgan fingerprint density at radius 3 is 2.76 bits per heavy atom. The predicted molar refractivity (Wildman–Crippen MR) is 54.2 cm³/mol. The van der Waals surface area contributed by atoms with Gasteiger partial charge in [-0.15, -0.1) is 0 Å². The average Bonchev–Trinajstić information content (AvgIpc) is 2.26. The molecule has 0 amide bonds. The Morgan fingerprint density at radius 1 is 1.47 bits per heavy atom. The fraction of sp³-hybridized carbons (Fsp3) is 0.100. The van der Waals surface area contributed by atoms with Gasteiger partial charge in [0.2, 0.25) is 0 Å². The fourth-order valence-corrected chi connectivity index (χ4v) is 1.01. The number of halogens is 2. The summed E-state index contributed by atoms with van der Waals surface area (Å²) in [6.07, 6.45) is 0. The Kier molecular flexibility index (Phi) is 4.03. The maximum Gasteiger partial charge on any atom is 0.338 e. The number of benzene rings is 1. The van der Waals surface area contributed by atoms with Crippen LogP contribution in [-0.4, -0.2) is 17.6 Å². The summed E-state index contributed by atoms with van der Waals surface area (Å²) in [6, 6.07) is 1.23. The lowest BCUT2D eigenvalue weighted by Crippen LogP contribution is -2.02. The smallest absolute Gasteiger partial charge is 0.338 e. The summed E-state index contributed by atoms with van der Waals surface area (Å²) in [7, 11) is 0. The van der Waals surface area contributed by atoms with Crippen molar-refractivity contribution in [3.63, 3.8) is 0 Å². The topological polar surface area (TPSA) is 86.1 Å². The van der Waals surface area contributed by atoms with E-state index in [0.29, 0.717) is 6.07 Å². The van der Waals surface area contributed by atoms with Crippen molar-refractivity contribution in [3.05, 3.63) is 45.3 Å². The molecule has 0 aliphatic carbocycles. The van der Waals surface area contributed by atoms with Gasteiger partial charge in [0.1, 0.15) is 11.6 Å². The summed E-state index contributed by atoms with van der Waals surface area (Å²) in [5, 5.41) is 11.7. The molecular weight excluding hydrogens is 232 g/mol. The molecule has 0 heterocycles. The van der Waals surface area contributed by atoms with E-state index in [1.54, 1.807) is 0 Å². The number of carbonyl (C=O) groups is 1. The second-order valence-corrected chi connectivity index (χ2v) is 2.81. The van der Waals surface area contributed by atoms with Gasteiger partial charge in [0.25, 0.3) is 0 Å². The highest BCUT2D eigenvalue weighted by atomic mass is 19.1. The number of hydrogen-bond acceptors (Lipinski definition) is 2. The van der Waals surface area contributed by atoms with Crippen molar-refractivity contribution in [2.24, 2.45) is 5.11 Å². The van der Waals surface area contributed by atoms with E-state index in [1.807, 2.05) is 0 Å². The molecular formula is C10H5F2N3O2. The van der Waals surface area contributed by atoms with E-state index in [0.717, 1.165) is 6.07 Å². The summed E-state index contributed by atoms with van der Waals surface area (Å²) in [5.41, 5.74) is 7.03. The molecule has 0 saturated heterocycles. The summed E-state index contributed by atoms with van der Waals surface area (Å²) >= 11 is 0. The third-order valence-corrected chi connectivity index (χ3v) is 1.72. The van der Waals surface area contributed by atoms with Crippen molar-refractivity contribution < 1.29 is 18.7 Å². The van der Waals surface area contributed by atoms with Gasteiger partial charge >= 0.3 is 5.97 Å². The van der Waals surface area contributed by atoms with Crippen LogP contribution in [0.2, 0.25) is 0 Å². The zero-order valence-electron chi connectivity index (χ0n) is 8.31. The van der Waals surface area contributed by atoms with Crippen molar-refractivity contribution >= 4 is 5.97 Å². The summed E-state index contributed by atoms with van der Waals surface area (Å²) in [5.74, 6) is 0.898. The highest BCUT2D eigenvalue weighted by molar-refractivity contribution is 5.88. The van der Waals surface area contributed by atoms with E-state index in [2.05, 4.69) is 21.9 Å². The van der Waals surface area contributed by atoms with Gasteiger partial charge in [-0.3, -0.25) is 0 Å². The number of hydrogen-bond donors (Lipinski definition) is 1. The van der Waals surface area contributed by atoms with Gasteiger partial charge in [-0.2, -0.15) is 0 Å². The summed E-state index contributed by atoms with van der Waals surface area (Å²) in [6.45, 7) is -0.185. The summed E-state index contributed by atoms with van der Waals surface area (Å²) < 4.78 is 26.2. The van der Waals surface area contributed by atoms with E-state index in [4.69, 9.17) is 10.6 Å². The van der Waals surface area contributed by atoms with Crippen LogP contribution in [-0.2, 0) is 0 Å². The molecule has 1 rings (SSSR count). The Bertz CT molecular complexity index is 569. The SMILES string of the molecule is [N-]=[N+]=NCC#Cc1cc(C(=O)O)c(F)cc1F. The predicted octanol–water partition coefficient (Wildman–Crippen LogP) is 2.32. The zero-order chi connectivity index (χ0) is 12.8. The van der Waals surface area contributed by atoms with E-state index in [9.17, 15) is 13.6 Å². The lowest BCUT2D eigenvalue weighted by molar-refractivity contribution is 0.0691. The van der Waals surface area contributed by atoms with E-state index >= 15 is 0 Å². The minimum Gasteiger partial charge on any atom is -0.478 e. The lowest BCUT2D eigenvalue weighted by atomic mass is 10.1. The minimum absolute atomic E-state index is 0.185. The maximum atomic E-state index is 13.2. The normalized spacial score (nSPS) is 8.82. The van der Waals surface area contributed by atoms with E-state index < -0.39 is 23.2 Å². The number of aromatic carboxylic acids is 1. The Labute approximate surface area is 94.3 Å². The molecule has 0 unspecified atom stereocenters. The molecule has 1 aromatic rings. The molecule has 1 N–H and O–H groups in total. The first-order valence-electron chi connectivity index (χ1n) is 4.28. The van der Waals surface area contributed by atoms with Crippen molar-refractivity contribution in [2.75, 3.05) is 6.54 Å². The number of nitrogens with zero attached hydrogens (tertiary/aromatic N) is 3.